The van der Waals surface area contributed by atoms with Crippen molar-refractivity contribution in [3.8, 4) is 0 Å². The van der Waals surface area contributed by atoms with Gasteiger partial charge in [0.1, 0.15) is 9.84 Å². The van der Waals surface area contributed by atoms with Crippen LogP contribution in [0, 0.1) is 5.92 Å². The molecule has 0 aromatic rings. The van der Waals surface area contributed by atoms with E-state index >= 15 is 0 Å². The van der Waals surface area contributed by atoms with Crippen LogP contribution in [0.25, 0.3) is 0 Å². The van der Waals surface area contributed by atoms with Crippen molar-refractivity contribution in [2.75, 3.05) is 31.6 Å². The molecule has 0 aromatic carbocycles. The molecule has 1 N–H and O–H groups in total. The van der Waals surface area contributed by atoms with Gasteiger partial charge in [-0.3, -0.25) is 4.90 Å². The van der Waals surface area contributed by atoms with Crippen molar-refractivity contribution in [3.63, 3.8) is 0 Å². The van der Waals surface area contributed by atoms with Crippen LogP contribution in [0.1, 0.15) is 53.4 Å². The fraction of sp³-hybridized carbons (Fsp3) is 1.00. The second kappa shape index (κ2) is 7.93. The molecule has 0 bridgehead atoms. The van der Waals surface area contributed by atoms with Crippen LogP contribution in [0.4, 0.5) is 0 Å². The normalized spacial score (nSPS) is 24.9. The monoisotopic (exact) mass is 318 g/mol. The van der Waals surface area contributed by atoms with Gasteiger partial charge in [-0.25, -0.2) is 8.42 Å². The summed E-state index contributed by atoms with van der Waals surface area (Å²) in [6, 6.07) is 0.529. The topological polar surface area (TPSA) is 49.4 Å². The molecule has 1 heterocycles. The van der Waals surface area contributed by atoms with Crippen LogP contribution < -0.4 is 5.32 Å². The molecule has 0 radical (unpaired) electrons. The van der Waals surface area contributed by atoms with Gasteiger partial charge in [0.15, 0.2) is 0 Å². The number of rotatable bonds is 8. The Labute approximate surface area is 131 Å². The van der Waals surface area contributed by atoms with E-state index in [4.69, 9.17) is 0 Å². The molecule has 1 aliphatic heterocycles. The van der Waals surface area contributed by atoms with Gasteiger partial charge in [-0.05, 0) is 31.7 Å². The summed E-state index contributed by atoms with van der Waals surface area (Å²) in [5.41, 5.74) is 0.203. The zero-order valence-electron chi connectivity index (χ0n) is 14.5. The van der Waals surface area contributed by atoms with Gasteiger partial charge < -0.3 is 5.32 Å². The average molecular weight is 319 g/mol. The number of nitrogens with one attached hydrogen (secondary N) is 1. The van der Waals surface area contributed by atoms with Crippen LogP contribution >= 0.6 is 0 Å². The summed E-state index contributed by atoms with van der Waals surface area (Å²) >= 11 is 0. The van der Waals surface area contributed by atoms with Crippen LogP contribution in [-0.2, 0) is 9.84 Å². The Hall–Kier alpha value is -0.130. The third-order valence-electron chi connectivity index (χ3n) is 5.28. The first-order valence-corrected chi connectivity index (χ1v) is 10.5. The van der Waals surface area contributed by atoms with E-state index in [2.05, 4.69) is 37.9 Å². The molecular formula is C16H34N2O2S. The van der Waals surface area contributed by atoms with Gasteiger partial charge >= 0.3 is 0 Å². The van der Waals surface area contributed by atoms with Crippen LogP contribution in [0.2, 0.25) is 0 Å². The average Bonchev–Trinajstić information content (AvgIpc) is 2.45. The third kappa shape index (κ3) is 5.53. The van der Waals surface area contributed by atoms with E-state index in [1.54, 1.807) is 0 Å². The summed E-state index contributed by atoms with van der Waals surface area (Å²) in [5, 5.41) is 3.77. The molecular weight excluding hydrogens is 284 g/mol. The molecule has 0 aromatic heterocycles. The molecule has 2 atom stereocenters. The van der Waals surface area contributed by atoms with E-state index in [0.29, 0.717) is 17.7 Å². The molecule has 0 saturated carbocycles. The molecule has 21 heavy (non-hydrogen) atoms. The molecule has 5 heteroatoms. The van der Waals surface area contributed by atoms with E-state index < -0.39 is 9.84 Å². The molecule has 0 spiro atoms. The first kappa shape index (κ1) is 18.9. The zero-order chi connectivity index (χ0) is 16.1. The first-order valence-electron chi connectivity index (χ1n) is 8.43. The standard InChI is InChI=1S/C16H34N2O2S/c1-6-14(4)15-12-17-16(7-2,8-3)13-18(15)10-9-11-21(5,19)20/h14-15,17H,6-13H2,1-5H3. The van der Waals surface area contributed by atoms with E-state index in [1.807, 2.05) is 0 Å². The highest BCUT2D eigenvalue weighted by Crippen LogP contribution is 2.26. The second-order valence-electron chi connectivity index (χ2n) is 6.78. The number of hydrogen-bond acceptors (Lipinski definition) is 4. The van der Waals surface area contributed by atoms with Crippen molar-refractivity contribution >= 4 is 9.84 Å². The molecule has 1 saturated heterocycles. The van der Waals surface area contributed by atoms with Crippen molar-refractivity contribution < 1.29 is 8.42 Å². The third-order valence-corrected chi connectivity index (χ3v) is 6.31. The Balaban J connectivity index is 2.73. The molecule has 126 valence electrons. The van der Waals surface area contributed by atoms with Gasteiger partial charge in [-0.2, -0.15) is 0 Å². The van der Waals surface area contributed by atoms with Crippen LogP contribution in [0.5, 0.6) is 0 Å². The maximum atomic E-state index is 11.4. The molecule has 1 fully saturated rings. The predicted molar refractivity (Wildman–Crippen MR) is 90.5 cm³/mol. The van der Waals surface area contributed by atoms with Crippen LogP contribution in [0.3, 0.4) is 0 Å². The predicted octanol–water partition coefficient (Wildman–Crippen LogP) is 2.30. The lowest BCUT2D eigenvalue weighted by molar-refractivity contribution is 0.0459. The molecule has 0 aliphatic carbocycles. The Morgan fingerprint density at radius 1 is 1.29 bits per heavy atom. The Morgan fingerprint density at radius 2 is 1.90 bits per heavy atom. The van der Waals surface area contributed by atoms with Gasteiger partial charge in [0.2, 0.25) is 0 Å². The fourth-order valence-electron chi connectivity index (χ4n) is 3.34. The van der Waals surface area contributed by atoms with Crippen LogP contribution in [0.15, 0.2) is 0 Å². The van der Waals surface area contributed by atoms with Crippen molar-refractivity contribution in [2.24, 2.45) is 5.92 Å². The number of piperazine rings is 1. The fourth-order valence-corrected chi connectivity index (χ4v) is 4.00. The lowest BCUT2D eigenvalue weighted by atomic mass is 9.85. The maximum absolute atomic E-state index is 11.4. The van der Waals surface area contributed by atoms with Gasteiger partial charge in [0, 0.05) is 30.9 Å². The number of sulfone groups is 1. The number of hydrogen-bond donors (Lipinski definition) is 1. The summed E-state index contributed by atoms with van der Waals surface area (Å²) in [6.07, 6.45) is 5.49. The Bertz CT molecular complexity index is 405. The maximum Gasteiger partial charge on any atom is 0.147 e. The van der Waals surface area contributed by atoms with E-state index in [9.17, 15) is 8.42 Å². The minimum absolute atomic E-state index is 0.203. The first-order chi connectivity index (χ1) is 9.77. The lowest BCUT2D eigenvalue weighted by Crippen LogP contribution is -2.65. The van der Waals surface area contributed by atoms with Crippen LogP contribution in [-0.4, -0.2) is 56.5 Å². The lowest BCUT2D eigenvalue weighted by Gasteiger charge is -2.49. The summed E-state index contributed by atoms with van der Waals surface area (Å²) < 4.78 is 22.7. The van der Waals surface area contributed by atoms with Crippen molar-refractivity contribution in [3.05, 3.63) is 0 Å². The van der Waals surface area contributed by atoms with E-state index in [0.717, 1.165) is 38.9 Å². The second-order valence-corrected chi connectivity index (χ2v) is 9.03. The van der Waals surface area contributed by atoms with Gasteiger partial charge in [-0.15, -0.1) is 0 Å². The molecule has 4 nitrogen and oxygen atoms in total. The molecule has 2 unspecified atom stereocenters. The van der Waals surface area contributed by atoms with E-state index in [1.165, 1.54) is 12.7 Å². The summed E-state index contributed by atoms with van der Waals surface area (Å²) in [4.78, 5) is 2.54. The Morgan fingerprint density at radius 3 is 2.38 bits per heavy atom. The highest BCUT2D eigenvalue weighted by molar-refractivity contribution is 7.90. The number of nitrogens with zero attached hydrogens (tertiary/aromatic N) is 1. The quantitative estimate of drug-likeness (QED) is 0.746. The van der Waals surface area contributed by atoms with Crippen molar-refractivity contribution in [2.45, 2.75) is 65.0 Å². The van der Waals surface area contributed by atoms with Crippen molar-refractivity contribution in [1.82, 2.24) is 10.2 Å². The summed E-state index contributed by atoms with van der Waals surface area (Å²) in [7, 11) is -2.85. The minimum Gasteiger partial charge on any atom is -0.308 e. The van der Waals surface area contributed by atoms with Crippen molar-refractivity contribution in [1.29, 1.82) is 0 Å². The Kier molecular flexibility index (Phi) is 7.14. The van der Waals surface area contributed by atoms with Gasteiger partial charge in [0.25, 0.3) is 0 Å². The molecule has 1 rings (SSSR count). The highest BCUT2D eigenvalue weighted by atomic mass is 32.2. The largest absolute Gasteiger partial charge is 0.308 e. The van der Waals surface area contributed by atoms with Gasteiger partial charge in [0.05, 0.1) is 5.75 Å². The SMILES string of the molecule is CCC(C)C1CNC(CC)(CC)CN1CCCS(C)(=O)=O. The summed E-state index contributed by atoms with van der Waals surface area (Å²) in [6.45, 7) is 12.0. The highest BCUT2D eigenvalue weighted by Gasteiger charge is 2.37. The minimum atomic E-state index is -2.85. The smallest absolute Gasteiger partial charge is 0.147 e. The molecule has 1 aliphatic rings. The molecule has 0 amide bonds. The summed E-state index contributed by atoms with van der Waals surface area (Å²) in [5.74, 6) is 0.942. The zero-order valence-corrected chi connectivity index (χ0v) is 15.3. The van der Waals surface area contributed by atoms with E-state index in [-0.39, 0.29) is 5.54 Å². The van der Waals surface area contributed by atoms with Gasteiger partial charge in [-0.1, -0.05) is 34.1 Å².